The molecule has 0 saturated carbocycles. The zero-order valence-corrected chi connectivity index (χ0v) is 9.25. The number of hydrogen-bond donors (Lipinski definition) is 0. The van der Waals surface area contributed by atoms with Crippen molar-refractivity contribution in [3.63, 3.8) is 0 Å². The fourth-order valence-electron chi connectivity index (χ4n) is 0.928. The first-order valence-electron chi connectivity index (χ1n) is 4.28. The minimum absolute atomic E-state index is 0.00979. The molecule has 0 unspecified atom stereocenters. The molecule has 0 radical (unpaired) electrons. The summed E-state index contributed by atoms with van der Waals surface area (Å²) < 4.78 is 27.8. The maximum absolute atomic E-state index is 11.6. The van der Waals surface area contributed by atoms with Gasteiger partial charge in [0.05, 0.1) is 0 Å². The van der Waals surface area contributed by atoms with Gasteiger partial charge in [0.2, 0.25) is 0 Å². The molecule has 0 amide bonds. The van der Waals surface area contributed by atoms with E-state index in [0.717, 1.165) is 5.56 Å². The van der Waals surface area contributed by atoms with Crippen LogP contribution < -0.4 is 0 Å². The van der Waals surface area contributed by atoms with Gasteiger partial charge in [-0.1, -0.05) is 30.9 Å². The van der Waals surface area contributed by atoms with Crippen molar-refractivity contribution in [2.24, 2.45) is 0 Å². The summed E-state index contributed by atoms with van der Waals surface area (Å²) >= 11 is 0. The van der Waals surface area contributed by atoms with E-state index in [0.29, 0.717) is 0 Å². The van der Waals surface area contributed by atoms with Crippen molar-refractivity contribution < 1.29 is 12.6 Å². The largest absolute Gasteiger partial charge is 0.380 e. The van der Waals surface area contributed by atoms with Gasteiger partial charge in [0, 0.05) is 0 Å². The maximum atomic E-state index is 11.6. The number of rotatable bonds is 4. The average molecular weight is 224 g/mol. The van der Waals surface area contributed by atoms with E-state index in [-0.39, 0.29) is 10.7 Å². The van der Waals surface area contributed by atoms with Crippen LogP contribution in [-0.2, 0) is 14.3 Å². The maximum Gasteiger partial charge on any atom is 0.339 e. The van der Waals surface area contributed by atoms with Gasteiger partial charge in [-0.25, -0.2) is 0 Å². The summed E-state index contributed by atoms with van der Waals surface area (Å²) in [6.45, 7) is 8.62. The third kappa shape index (κ3) is 2.95. The molecule has 0 aliphatic carbocycles. The highest BCUT2D eigenvalue weighted by Crippen LogP contribution is 2.15. The SMILES string of the molecule is C=CC(=C)OS(=O)(=O)c1ccc(C)cc1. The number of hydrogen-bond acceptors (Lipinski definition) is 3. The molecule has 4 heteroatoms. The minimum atomic E-state index is -3.76. The van der Waals surface area contributed by atoms with Crippen LogP contribution in [0.2, 0.25) is 0 Å². The minimum Gasteiger partial charge on any atom is -0.380 e. The van der Waals surface area contributed by atoms with Crippen LogP contribution in [0.4, 0.5) is 0 Å². The summed E-state index contributed by atoms with van der Waals surface area (Å²) in [5.74, 6) is 0.00979. The van der Waals surface area contributed by atoms with Gasteiger partial charge in [-0.15, -0.1) is 0 Å². The Balaban J connectivity index is 3.01. The molecule has 0 heterocycles. The Labute approximate surface area is 89.8 Å². The molecule has 1 aromatic rings. The molecule has 0 N–H and O–H groups in total. The van der Waals surface area contributed by atoms with E-state index in [2.05, 4.69) is 17.3 Å². The Hall–Kier alpha value is -1.55. The predicted octanol–water partition coefficient (Wildman–Crippen LogP) is 2.40. The second-order valence-electron chi connectivity index (χ2n) is 3.02. The quantitative estimate of drug-likeness (QED) is 0.448. The second-order valence-corrected chi connectivity index (χ2v) is 4.57. The zero-order chi connectivity index (χ0) is 11.5. The molecule has 0 aromatic heterocycles. The van der Waals surface area contributed by atoms with Crippen molar-refractivity contribution in [1.29, 1.82) is 0 Å². The van der Waals surface area contributed by atoms with Crippen LogP contribution in [0.5, 0.6) is 0 Å². The fraction of sp³-hybridized carbons (Fsp3) is 0.0909. The molecule has 1 rings (SSSR count). The summed E-state index contributed by atoms with van der Waals surface area (Å²) in [4.78, 5) is 0.108. The number of aryl methyl sites for hydroxylation is 1. The van der Waals surface area contributed by atoms with Gasteiger partial charge >= 0.3 is 10.1 Å². The molecule has 0 atom stereocenters. The lowest BCUT2D eigenvalue weighted by Crippen LogP contribution is -2.04. The first kappa shape index (κ1) is 11.5. The van der Waals surface area contributed by atoms with Gasteiger partial charge in [-0.05, 0) is 25.1 Å². The highest BCUT2D eigenvalue weighted by Gasteiger charge is 2.15. The first-order chi connectivity index (χ1) is 6.95. The Morgan fingerprint density at radius 3 is 2.33 bits per heavy atom. The lowest BCUT2D eigenvalue weighted by atomic mass is 10.2. The molecule has 0 fully saturated rings. The van der Waals surface area contributed by atoms with Crippen LogP contribution >= 0.6 is 0 Å². The van der Waals surface area contributed by atoms with Crippen molar-refractivity contribution in [2.45, 2.75) is 11.8 Å². The highest BCUT2D eigenvalue weighted by atomic mass is 32.2. The molecular weight excluding hydrogens is 212 g/mol. The molecule has 0 aliphatic heterocycles. The van der Waals surface area contributed by atoms with Crippen molar-refractivity contribution in [2.75, 3.05) is 0 Å². The number of allylic oxidation sites excluding steroid dienone is 1. The van der Waals surface area contributed by atoms with Gasteiger partial charge < -0.3 is 4.18 Å². The van der Waals surface area contributed by atoms with E-state index in [4.69, 9.17) is 0 Å². The first-order valence-corrected chi connectivity index (χ1v) is 5.69. The third-order valence-corrected chi connectivity index (χ3v) is 3.04. The fourth-order valence-corrected chi connectivity index (χ4v) is 1.84. The Bertz CT molecular complexity index is 469. The standard InChI is InChI=1S/C11H12O3S/c1-4-10(3)14-15(12,13)11-7-5-9(2)6-8-11/h4-8H,1,3H2,2H3. The van der Waals surface area contributed by atoms with Crippen LogP contribution in [0.25, 0.3) is 0 Å². The molecule has 0 saturated heterocycles. The second kappa shape index (κ2) is 4.31. The van der Waals surface area contributed by atoms with Gasteiger partial charge in [0.1, 0.15) is 10.7 Å². The summed E-state index contributed by atoms with van der Waals surface area (Å²) in [7, 11) is -3.76. The molecule has 15 heavy (non-hydrogen) atoms. The van der Waals surface area contributed by atoms with Gasteiger partial charge in [-0.3, -0.25) is 0 Å². The van der Waals surface area contributed by atoms with E-state index in [1.165, 1.54) is 18.2 Å². The monoisotopic (exact) mass is 224 g/mol. The van der Waals surface area contributed by atoms with Crippen LogP contribution in [-0.4, -0.2) is 8.42 Å². The van der Waals surface area contributed by atoms with Crippen LogP contribution in [0.15, 0.2) is 54.2 Å². The summed E-state index contributed by atoms with van der Waals surface area (Å²) in [5, 5.41) is 0. The molecular formula is C11H12O3S. The Kier molecular flexibility index (Phi) is 3.31. The van der Waals surface area contributed by atoms with E-state index < -0.39 is 10.1 Å². The molecule has 0 spiro atoms. The highest BCUT2D eigenvalue weighted by molar-refractivity contribution is 7.86. The normalized spacial score (nSPS) is 10.7. The molecule has 0 aliphatic rings. The Morgan fingerprint density at radius 2 is 1.87 bits per heavy atom. The molecule has 1 aromatic carbocycles. The number of benzene rings is 1. The van der Waals surface area contributed by atoms with E-state index >= 15 is 0 Å². The van der Waals surface area contributed by atoms with Crippen molar-refractivity contribution in [3.8, 4) is 0 Å². The summed E-state index contributed by atoms with van der Waals surface area (Å²) in [5.41, 5.74) is 0.983. The van der Waals surface area contributed by atoms with Gasteiger partial charge in [0.15, 0.2) is 0 Å². The smallest absolute Gasteiger partial charge is 0.339 e. The van der Waals surface area contributed by atoms with Crippen LogP contribution in [0.1, 0.15) is 5.56 Å². The topological polar surface area (TPSA) is 43.4 Å². The van der Waals surface area contributed by atoms with Crippen LogP contribution in [0, 0.1) is 6.92 Å². The molecule has 3 nitrogen and oxygen atoms in total. The van der Waals surface area contributed by atoms with Gasteiger partial charge in [-0.2, -0.15) is 8.42 Å². The predicted molar refractivity (Wildman–Crippen MR) is 58.8 cm³/mol. The lowest BCUT2D eigenvalue weighted by Gasteiger charge is -2.06. The van der Waals surface area contributed by atoms with E-state index in [9.17, 15) is 8.42 Å². The lowest BCUT2D eigenvalue weighted by molar-refractivity contribution is 0.421. The van der Waals surface area contributed by atoms with E-state index in [1.807, 2.05) is 6.92 Å². The van der Waals surface area contributed by atoms with Gasteiger partial charge in [0.25, 0.3) is 0 Å². The third-order valence-electron chi connectivity index (χ3n) is 1.75. The Morgan fingerprint density at radius 1 is 1.33 bits per heavy atom. The summed E-state index contributed by atoms with van der Waals surface area (Å²) in [6, 6.07) is 6.38. The summed E-state index contributed by atoms with van der Waals surface area (Å²) in [6.07, 6.45) is 1.24. The molecule has 0 bridgehead atoms. The van der Waals surface area contributed by atoms with E-state index in [1.54, 1.807) is 12.1 Å². The van der Waals surface area contributed by atoms with Crippen LogP contribution in [0.3, 0.4) is 0 Å². The molecule has 80 valence electrons. The van der Waals surface area contributed by atoms with Crippen molar-refractivity contribution >= 4 is 10.1 Å². The van der Waals surface area contributed by atoms with Crippen molar-refractivity contribution in [1.82, 2.24) is 0 Å². The zero-order valence-electron chi connectivity index (χ0n) is 8.43. The average Bonchev–Trinajstić information content (AvgIpc) is 2.17. The van der Waals surface area contributed by atoms with Crippen molar-refractivity contribution in [3.05, 3.63) is 54.8 Å².